The fourth-order valence-corrected chi connectivity index (χ4v) is 10.3. The Hall–Kier alpha value is -6.39. The van der Waals surface area contributed by atoms with E-state index in [1.807, 2.05) is 36.5 Å². The number of benzene rings is 7. The smallest absolute Gasteiger partial charge is 0.121 e. The van der Waals surface area contributed by atoms with Gasteiger partial charge in [-0.25, -0.2) is 0 Å². The number of para-hydroxylation sites is 2. The number of hydrogen-bond donors (Lipinski definition) is 0. The van der Waals surface area contributed by atoms with Gasteiger partial charge in [-0.05, 0) is 126 Å². The standard InChI is InChI=1S/C49H45N2O.C15H16N.Ir/c1-29(2)36-25-32(31-17-10-9-11-18-31)26-37(30(3)4)45(36)51-43-24-15-14-23-42(43)50-47(51)35-21-16-20-34-39-27-41-38(28-44(39)52-46(34)35)33-19-12-13-22-40(33)48(5,6)49(41,7)8;1-15(2,3)13-9-10-16-14(11-13)12-7-5-4-6-8-12;/h9-20,22-30H,1-8H3;4-7,9-11H,1-3H3;/q2*-1;. The van der Waals surface area contributed by atoms with Crippen molar-refractivity contribution in [2.24, 2.45) is 0 Å². The molecule has 1 aliphatic rings. The topological polar surface area (TPSA) is 43.9 Å². The number of aromatic nitrogens is 3. The van der Waals surface area contributed by atoms with E-state index in [0.29, 0.717) is 0 Å². The quantitative estimate of drug-likeness (QED) is 0.156. The van der Waals surface area contributed by atoms with Gasteiger partial charge in [0.2, 0.25) is 0 Å². The van der Waals surface area contributed by atoms with Crippen LogP contribution in [-0.4, -0.2) is 14.5 Å². The number of pyridine rings is 1. The molecule has 3 aromatic heterocycles. The number of fused-ring (bicyclic) bond motifs is 7. The third kappa shape index (κ3) is 8.28. The Labute approximate surface area is 422 Å². The van der Waals surface area contributed by atoms with E-state index in [1.165, 1.54) is 55.8 Å². The molecule has 69 heavy (non-hydrogen) atoms. The van der Waals surface area contributed by atoms with Crippen molar-refractivity contribution in [1.82, 2.24) is 14.5 Å². The maximum atomic E-state index is 6.97. The molecule has 11 rings (SSSR count). The molecule has 0 spiro atoms. The van der Waals surface area contributed by atoms with Gasteiger partial charge in [0.1, 0.15) is 5.58 Å². The van der Waals surface area contributed by atoms with Gasteiger partial charge in [0.15, 0.2) is 0 Å². The van der Waals surface area contributed by atoms with Gasteiger partial charge in [-0.1, -0.05) is 160 Å². The van der Waals surface area contributed by atoms with Crippen LogP contribution >= 0.6 is 0 Å². The van der Waals surface area contributed by atoms with Crippen LogP contribution in [0.25, 0.3) is 83.6 Å². The molecule has 0 fully saturated rings. The molecule has 0 atom stereocenters. The molecule has 0 N–H and O–H groups in total. The number of hydrogen-bond acceptors (Lipinski definition) is 3. The number of rotatable bonds is 6. The summed E-state index contributed by atoms with van der Waals surface area (Å²) in [6.07, 6.45) is 1.87. The molecule has 7 aromatic carbocycles. The van der Waals surface area contributed by atoms with Crippen LogP contribution in [0.1, 0.15) is 116 Å². The summed E-state index contributed by atoms with van der Waals surface area (Å²) in [5.74, 6) is 1.40. The molecular weight excluding hydrogens is 1020 g/mol. The molecule has 4 nitrogen and oxygen atoms in total. The maximum Gasteiger partial charge on any atom is 0.121 e. The summed E-state index contributed by atoms with van der Waals surface area (Å²) in [7, 11) is 0. The summed E-state index contributed by atoms with van der Waals surface area (Å²) in [6.45, 7) is 25.4. The van der Waals surface area contributed by atoms with Crippen molar-refractivity contribution in [2.45, 2.75) is 104 Å². The van der Waals surface area contributed by atoms with Gasteiger partial charge in [-0.15, -0.1) is 54.1 Å². The summed E-state index contributed by atoms with van der Waals surface area (Å²) in [5.41, 5.74) is 19.5. The third-order valence-electron chi connectivity index (χ3n) is 14.8. The van der Waals surface area contributed by atoms with Crippen LogP contribution in [0.3, 0.4) is 0 Å². The molecule has 0 saturated carbocycles. The first-order valence-electron chi connectivity index (χ1n) is 24.2. The van der Waals surface area contributed by atoms with Crippen molar-refractivity contribution in [3.05, 3.63) is 198 Å². The predicted octanol–water partition coefficient (Wildman–Crippen LogP) is 17.4. The number of nitrogens with zero attached hydrogens (tertiary/aromatic N) is 3. The second-order valence-electron chi connectivity index (χ2n) is 21.3. The Balaban J connectivity index is 0.000000296. The van der Waals surface area contributed by atoms with E-state index in [0.717, 1.165) is 55.6 Å². The first kappa shape index (κ1) is 47.7. The van der Waals surface area contributed by atoms with E-state index in [1.54, 1.807) is 0 Å². The summed E-state index contributed by atoms with van der Waals surface area (Å²) in [6, 6.07) is 60.8. The van der Waals surface area contributed by atoms with E-state index >= 15 is 0 Å². The van der Waals surface area contributed by atoms with Crippen molar-refractivity contribution in [3.63, 3.8) is 0 Å². The average molecular weight is 1080 g/mol. The molecule has 10 aromatic rings. The van der Waals surface area contributed by atoms with Gasteiger partial charge in [0.05, 0.1) is 22.4 Å². The SMILES string of the molecule is CC(C)(C)c1ccnc(-c2[c-]cccc2)c1.CC(C)c1cc(-c2ccccc2)cc(C(C)C)c1-n1c(-c2[c-]ccc3c2oc2cc4c(cc23)C(C)(C)C(C)(C)c2ccccc2-4)nc2ccccc21.[Ir]. The molecule has 3 heterocycles. The molecule has 0 aliphatic heterocycles. The van der Waals surface area contributed by atoms with Gasteiger partial charge < -0.3 is 14.0 Å². The molecular formula is C64H61IrN3O-2. The van der Waals surface area contributed by atoms with Crippen molar-refractivity contribution in [3.8, 4) is 50.6 Å². The summed E-state index contributed by atoms with van der Waals surface area (Å²) in [5, 5.41) is 2.22. The van der Waals surface area contributed by atoms with Crippen LogP contribution in [-0.2, 0) is 36.4 Å². The Bertz CT molecular complexity index is 3460. The summed E-state index contributed by atoms with van der Waals surface area (Å²) < 4.78 is 9.36. The Morgan fingerprint density at radius 1 is 0.609 bits per heavy atom. The second-order valence-corrected chi connectivity index (χ2v) is 21.3. The third-order valence-corrected chi connectivity index (χ3v) is 14.8. The molecule has 1 aliphatic carbocycles. The Morgan fingerprint density at radius 2 is 1.28 bits per heavy atom. The van der Waals surface area contributed by atoms with E-state index in [9.17, 15) is 0 Å². The van der Waals surface area contributed by atoms with Crippen LogP contribution in [0, 0.1) is 12.1 Å². The van der Waals surface area contributed by atoms with Gasteiger partial charge in [-0.2, -0.15) is 0 Å². The second kappa shape index (κ2) is 18.2. The zero-order chi connectivity index (χ0) is 47.7. The van der Waals surface area contributed by atoms with Crippen LogP contribution in [0.5, 0.6) is 0 Å². The fourth-order valence-electron chi connectivity index (χ4n) is 10.3. The minimum atomic E-state index is -0.0986. The minimum Gasteiger partial charge on any atom is -0.501 e. The van der Waals surface area contributed by atoms with Crippen molar-refractivity contribution >= 4 is 33.0 Å². The Morgan fingerprint density at radius 3 is 1.97 bits per heavy atom. The fraction of sp³-hybridized carbons (Fsp3) is 0.250. The van der Waals surface area contributed by atoms with E-state index in [4.69, 9.17) is 9.40 Å². The maximum absolute atomic E-state index is 6.97. The largest absolute Gasteiger partial charge is 0.501 e. The number of imidazole rings is 1. The van der Waals surface area contributed by atoms with E-state index in [-0.39, 0.29) is 48.2 Å². The first-order valence-corrected chi connectivity index (χ1v) is 24.2. The van der Waals surface area contributed by atoms with Gasteiger partial charge in [0, 0.05) is 37.4 Å². The molecule has 0 amide bonds. The van der Waals surface area contributed by atoms with Gasteiger partial charge >= 0.3 is 0 Å². The van der Waals surface area contributed by atoms with Crippen LogP contribution in [0.2, 0.25) is 0 Å². The normalized spacial score (nSPS) is 13.8. The van der Waals surface area contributed by atoms with E-state index < -0.39 is 0 Å². The van der Waals surface area contributed by atoms with Crippen molar-refractivity contribution < 1.29 is 24.5 Å². The molecule has 0 bridgehead atoms. The summed E-state index contributed by atoms with van der Waals surface area (Å²) >= 11 is 0. The predicted molar refractivity (Wildman–Crippen MR) is 285 cm³/mol. The van der Waals surface area contributed by atoms with Crippen LogP contribution in [0.15, 0.2) is 162 Å². The Kier molecular flexibility index (Phi) is 12.6. The molecule has 5 heteroatoms. The minimum absolute atomic E-state index is 0. The summed E-state index contributed by atoms with van der Waals surface area (Å²) in [4.78, 5) is 9.77. The van der Waals surface area contributed by atoms with Crippen molar-refractivity contribution in [2.75, 3.05) is 0 Å². The van der Waals surface area contributed by atoms with Gasteiger partial charge in [-0.3, -0.25) is 4.98 Å². The first-order chi connectivity index (χ1) is 32.5. The van der Waals surface area contributed by atoms with Crippen molar-refractivity contribution in [1.29, 1.82) is 0 Å². The monoisotopic (exact) mass is 1080 g/mol. The molecule has 0 unspecified atom stereocenters. The molecule has 349 valence electrons. The van der Waals surface area contributed by atoms with Gasteiger partial charge in [0.25, 0.3) is 0 Å². The number of furan rings is 1. The van der Waals surface area contributed by atoms with Crippen LogP contribution < -0.4 is 0 Å². The zero-order valence-electron chi connectivity index (χ0n) is 41.7. The van der Waals surface area contributed by atoms with E-state index in [2.05, 4.69) is 219 Å². The molecule has 0 saturated heterocycles. The average Bonchev–Trinajstić information content (AvgIpc) is 3.91. The van der Waals surface area contributed by atoms with Crippen LogP contribution in [0.4, 0.5) is 0 Å². The zero-order valence-corrected chi connectivity index (χ0v) is 44.1. The molecule has 1 radical (unpaired) electrons.